The Morgan fingerprint density at radius 1 is 1.30 bits per heavy atom. The first-order valence-electron chi connectivity index (χ1n) is 6.92. The van der Waals surface area contributed by atoms with Crippen molar-refractivity contribution in [2.24, 2.45) is 7.05 Å². The van der Waals surface area contributed by atoms with E-state index in [4.69, 9.17) is 4.74 Å². The van der Waals surface area contributed by atoms with Crippen molar-refractivity contribution in [3.8, 4) is 16.9 Å². The van der Waals surface area contributed by atoms with E-state index in [1.807, 2.05) is 24.8 Å². The van der Waals surface area contributed by atoms with E-state index in [-0.39, 0.29) is 0 Å². The molecular formula is C16H23N3O. The van der Waals surface area contributed by atoms with E-state index in [1.165, 1.54) is 16.7 Å². The van der Waals surface area contributed by atoms with Gasteiger partial charge in [0.25, 0.3) is 0 Å². The van der Waals surface area contributed by atoms with Gasteiger partial charge in [-0.05, 0) is 36.2 Å². The Morgan fingerprint density at radius 3 is 2.65 bits per heavy atom. The smallest absolute Gasteiger partial charge is 0.119 e. The van der Waals surface area contributed by atoms with Crippen molar-refractivity contribution >= 4 is 0 Å². The molecule has 2 rings (SSSR count). The number of methoxy groups -OCH3 is 1. The maximum atomic E-state index is 5.33. The van der Waals surface area contributed by atoms with Crippen LogP contribution in [0.25, 0.3) is 11.1 Å². The molecule has 4 nitrogen and oxygen atoms in total. The lowest BCUT2D eigenvalue weighted by atomic mass is 9.96. The maximum absolute atomic E-state index is 5.33. The highest BCUT2D eigenvalue weighted by atomic mass is 16.5. The number of nitrogens with one attached hydrogen (secondary N) is 1. The number of rotatable bonds is 5. The Hall–Kier alpha value is -1.81. The predicted octanol–water partition coefficient (Wildman–Crippen LogP) is 2.94. The lowest BCUT2D eigenvalue weighted by Crippen LogP contribution is -2.07. The van der Waals surface area contributed by atoms with E-state index in [1.54, 1.807) is 7.11 Å². The Kier molecular flexibility index (Phi) is 4.45. The first-order valence-corrected chi connectivity index (χ1v) is 6.92. The van der Waals surface area contributed by atoms with E-state index in [0.717, 1.165) is 18.0 Å². The molecule has 108 valence electrons. The van der Waals surface area contributed by atoms with Gasteiger partial charge in [0.2, 0.25) is 0 Å². The highest BCUT2D eigenvalue weighted by molar-refractivity contribution is 5.70. The van der Waals surface area contributed by atoms with Crippen LogP contribution in [0.1, 0.15) is 31.0 Å². The summed E-state index contributed by atoms with van der Waals surface area (Å²) in [6, 6.07) is 6.21. The second-order valence-corrected chi connectivity index (χ2v) is 5.31. The summed E-state index contributed by atoms with van der Waals surface area (Å²) in [4.78, 5) is 0. The summed E-state index contributed by atoms with van der Waals surface area (Å²) in [6.07, 6.45) is 2.09. The summed E-state index contributed by atoms with van der Waals surface area (Å²) in [6.45, 7) is 5.15. The van der Waals surface area contributed by atoms with E-state index >= 15 is 0 Å². The van der Waals surface area contributed by atoms with Crippen LogP contribution in [0.2, 0.25) is 0 Å². The lowest BCUT2D eigenvalue weighted by molar-refractivity contribution is 0.414. The van der Waals surface area contributed by atoms with E-state index in [9.17, 15) is 0 Å². The zero-order valence-electron chi connectivity index (χ0n) is 12.9. The van der Waals surface area contributed by atoms with Crippen LogP contribution >= 0.6 is 0 Å². The van der Waals surface area contributed by atoms with E-state index in [2.05, 4.69) is 42.6 Å². The average molecular weight is 273 g/mol. The van der Waals surface area contributed by atoms with Gasteiger partial charge in [0.1, 0.15) is 5.75 Å². The highest BCUT2D eigenvalue weighted by Gasteiger charge is 2.16. The molecule has 0 spiro atoms. The molecule has 1 heterocycles. The fourth-order valence-corrected chi connectivity index (χ4v) is 2.44. The van der Waals surface area contributed by atoms with Gasteiger partial charge in [0.15, 0.2) is 0 Å². The van der Waals surface area contributed by atoms with Gasteiger partial charge in [-0.3, -0.25) is 4.68 Å². The Morgan fingerprint density at radius 2 is 2.05 bits per heavy atom. The summed E-state index contributed by atoms with van der Waals surface area (Å²) in [5.74, 6) is 1.28. The molecule has 0 bridgehead atoms. The minimum absolute atomic E-state index is 0.399. The molecule has 0 unspecified atom stereocenters. The Labute approximate surface area is 120 Å². The molecule has 0 atom stereocenters. The number of aromatic nitrogens is 2. The summed E-state index contributed by atoms with van der Waals surface area (Å²) in [5, 5.41) is 7.81. The molecule has 4 heteroatoms. The number of benzene rings is 1. The SMILES string of the molecule is CNCc1cc(OC)ccc1-c1cn(C)nc1C(C)C. The van der Waals surface area contributed by atoms with Crippen molar-refractivity contribution in [3.05, 3.63) is 35.7 Å². The van der Waals surface area contributed by atoms with Crippen LogP contribution in [0.15, 0.2) is 24.4 Å². The molecule has 0 amide bonds. The van der Waals surface area contributed by atoms with Crippen molar-refractivity contribution in [3.63, 3.8) is 0 Å². The lowest BCUT2D eigenvalue weighted by Gasteiger charge is -2.12. The first-order chi connectivity index (χ1) is 9.56. The van der Waals surface area contributed by atoms with Crippen molar-refractivity contribution in [1.82, 2.24) is 15.1 Å². The predicted molar refractivity (Wildman–Crippen MR) is 82.0 cm³/mol. The van der Waals surface area contributed by atoms with Gasteiger partial charge in [-0.25, -0.2) is 0 Å². The number of aryl methyl sites for hydroxylation is 1. The third-order valence-electron chi connectivity index (χ3n) is 3.37. The second kappa shape index (κ2) is 6.09. The molecule has 0 saturated heterocycles. The zero-order chi connectivity index (χ0) is 14.7. The van der Waals surface area contributed by atoms with Crippen LogP contribution in [0.3, 0.4) is 0 Å². The Balaban J connectivity index is 2.56. The third-order valence-corrected chi connectivity index (χ3v) is 3.37. The number of ether oxygens (including phenoxy) is 1. The van der Waals surface area contributed by atoms with Gasteiger partial charge in [0.05, 0.1) is 12.8 Å². The molecule has 1 aromatic heterocycles. The van der Waals surface area contributed by atoms with E-state index in [0.29, 0.717) is 5.92 Å². The van der Waals surface area contributed by atoms with Gasteiger partial charge < -0.3 is 10.1 Å². The minimum Gasteiger partial charge on any atom is -0.497 e. The van der Waals surface area contributed by atoms with Gasteiger partial charge >= 0.3 is 0 Å². The highest BCUT2D eigenvalue weighted by Crippen LogP contribution is 2.32. The van der Waals surface area contributed by atoms with Gasteiger partial charge in [-0.1, -0.05) is 19.9 Å². The molecule has 1 N–H and O–H groups in total. The number of hydrogen-bond donors (Lipinski definition) is 1. The Bertz CT molecular complexity index is 587. The van der Waals surface area contributed by atoms with E-state index < -0.39 is 0 Å². The molecule has 1 aromatic carbocycles. The molecular weight excluding hydrogens is 250 g/mol. The maximum Gasteiger partial charge on any atom is 0.119 e. The van der Waals surface area contributed by atoms with Crippen molar-refractivity contribution < 1.29 is 4.74 Å². The first kappa shape index (κ1) is 14.6. The van der Waals surface area contributed by atoms with Gasteiger partial charge in [-0.2, -0.15) is 5.10 Å². The van der Waals surface area contributed by atoms with Crippen LogP contribution in [0.4, 0.5) is 0 Å². The standard InChI is InChI=1S/C16H23N3O/c1-11(2)16-15(10-19(4)18-16)14-7-6-13(20-5)8-12(14)9-17-3/h6-8,10-11,17H,9H2,1-5H3. The van der Waals surface area contributed by atoms with Crippen molar-refractivity contribution in [2.75, 3.05) is 14.2 Å². The summed E-state index contributed by atoms with van der Waals surface area (Å²) < 4.78 is 7.21. The second-order valence-electron chi connectivity index (χ2n) is 5.31. The number of hydrogen-bond acceptors (Lipinski definition) is 3. The third kappa shape index (κ3) is 2.85. The summed E-state index contributed by atoms with van der Waals surface area (Å²) in [5.41, 5.74) is 4.78. The largest absolute Gasteiger partial charge is 0.497 e. The van der Waals surface area contributed by atoms with Crippen LogP contribution in [0.5, 0.6) is 5.75 Å². The quantitative estimate of drug-likeness (QED) is 0.910. The zero-order valence-corrected chi connectivity index (χ0v) is 12.9. The molecule has 20 heavy (non-hydrogen) atoms. The van der Waals surface area contributed by atoms with Crippen molar-refractivity contribution in [2.45, 2.75) is 26.3 Å². The molecule has 0 aliphatic carbocycles. The molecule has 2 aromatic rings. The van der Waals surface area contributed by atoms with Crippen LogP contribution < -0.4 is 10.1 Å². The fourth-order valence-electron chi connectivity index (χ4n) is 2.44. The van der Waals surface area contributed by atoms with Gasteiger partial charge in [0, 0.05) is 25.4 Å². The average Bonchev–Trinajstić information content (AvgIpc) is 2.81. The molecule has 0 radical (unpaired) electrons. The molecule has 0 aliphatic rings. The normalized spacial score (nSPS) is 11.1. The van der Waals surface area contributed by atoms with Crippen LogP contribution in [-0.4, -0.2) is 23.9 Å². The number of nitrogens with zero attached hydrogens (tertiary/aromatic N) is 2. The van der Waals surface area contributed by atoms with Crippen LogP contribution in [-0.2, 0) is 13.6 Å². The molecule has 0 aliphatic heterocycles. The molecule has 0 saturated carbocycles. The monoisotopic (exact) mass is 273 g/mol. The minimum atomic E-state index is 0.399. The topological polar surface area (TPSA) is 39.1 Å². The van der Waals surface area contributed by atoms with Crippen LogP contribution in [0, 0.1) is 0 Å². The molecule has 0 fully saturated rings. The summed E-state index contributed by atoms with van der Waals surface area (Å²) in [7, 11) is 5.62. The van der Waals surface area contributed by atoms with Gasteiger partial charge in [-0.15, -0.1) is 0 Å². The fraction of sp³-hybridized carbons (Fsp3) is 0.438. The van der Waals surface area contributed by atoms with Crippen molar-refractivity contribution in [1.29, 1.82) is 0 Å². The summed E-state index contributed by atoms with van der Waals surface area (Å²) >= 11 is 0.